The fourth-order valence-electron chi connectivity index (χ4n) is 3.04. The zero-order valence-corrected chi connectivity index (χ0v) is 17.8. The van der Waals surface area contributed by atoms with E-state index in [4.69, 9.17) is 5.73 Å². The first-order valence-electron chi connectivity index (χ1n) is 10.2. The van der Waals surface area contributed by atoms with E-state index in [9.17, 15) is 24.3 Å². The van der Waals surface area contributed by atoms with Gasteiger partial charge in [0.25, 0.3) is 0 Å². The minimum atomic E-state index is -1.18. The van der Waals surface area contributed by atoms with Crippen molar-refractivity contribution < 1.29 is 24.3 Å². The van der Waals surface area contributed by atoms with Crippen LogP contribution in [0.4, 0.5) is 0 Å². The van der Waals surface area contributed by atoms with Crippen molar-refractivity contribution in [1.82, 2.24) is 16.0 Å². The Balaban J connectivity index is 2.01. The minimum Gasteiger partial charge on any atom is -0.480 e. The van der Waals surface area contributed by atoms with Crippen LogP contribution < -0.4 is 21.7 Å². The third-order valence-corrected chi connectivity index (χ3v) is 4.77. The van der Waals surface area contributed by atoms with Gasteiger partial charge in [-0.05, 0) is 18.1 Å². The second kappa shape index (κ2) is 12.2. The molecule has 0 saturated carbocycles. The molecule has 2 rings (SSSR count). The highest BCUT2D eigenvalue weighted by Crippen LogP contribution is 2.06. The molecular formula is C23H28N4O5. The number of nitrogens with one attached hydrogen (secondary N) is 3. The number of carboxylic acids is 1. The fraction of sp³-hybridized carbons (Fsp3) is 0.304. The summed E-state index contributed by atoms with van der Waals surface area (Å²) in [5, 5.41) is 17.0. The van der Waals surface area contributed by atoms with E-state index in [1.807, 2.05) is 36.4 Å². The normalized spacial score (nSPS) is 13.3. The average molecular weight is 441 g/mol. The Bertz CT molecular complexity index is 920. The second-order valence-electron chi connectivity index (χ2n) is 7.33. The molecule has 0 radical (unpaired) electrons. The molecule has 2 aromatic carbocycles. The van der Waals surface area contributed by atoms with E-state index in [0.717, 1.165) is 11.1 Å². The Morgan fingerprint density at radius 3 is 1.75 bits per heavy atom. The lowest BCUT2D eigenvalue weighted by molar-refractivity contribution is -0.142. The number of hydrogen-bond acceptors (Lipinski definition) is 5. The van der Waals surface area contributed by atoms with E-state index in [0.29, 0.717) is 0 Å². The lowest BCUT2D eigenvalue weighted by Gasteiger charge is -2.22. The van der Waals surface area contributed by atoms with Crippen LogP contribution in [0.2, 0.25) is 0 Å². The third kappa shape index (κ3) is 7.84. The molecule has 32 heavy (non-hydrogen) atoms. The molecular weight excluding hydrogens is 412 g/mol. The number of amides is 3. The molecule has 3 unspecified atom stereocenters. The van der Waals surface area contributed by atoms with Crippen LogP contribution in [0.5, 0.6) is 0 Å². The predicted molar refractivity (Wildman–Crippen MR) is 118 cm³/mol. The van der Waals surface area contributed by atoms with Gasteiger partial charge in [0.2, 0.25) is 17.7 Å². The van der Waals surface area contributed by atoms with Gasteiger partial charge < -0.3 is 26.8 Å². The number of aliphatic carboxylic acids is 1. The van der Waals surface area contributed by atoms with Crippen molar-refractivity contribution >= 4 is 23.7 Å². The Morgan fingerprint density at radius 2 is 1.28 bits per heavy atom. The Kier molecular flexibility index (Phi) is 9.37. The van der Waals surface area contributed by atoms with Gasteiger partial charge in [0.1, 0.15) is 18.1 Å². The molecule has 9 heteroatoms. The van der Waals surface area contributed by atoms with Gasteiger partial charge in [0.05, 0.1) is 6.54 Å². The van der Waals surface area contributed by atoms with E-state index >= 15 is 0 Å². The molecule has 0 aliphatic heterocycles. The van der Waals surface area contributed by atoms with E-state index in [-0.39, 0.29) is 19.4 Å². The van der Waals surface area contributed by atoms with Crippen molar-refractivity contribution in [3.63, 3.8) is 0 Å². The maximum Gasteiger partial charge on any atom is 0.326 e. The highest BCUT2D eigenvalue weighted by atomic mass is 16.4. The first kappa shape index (κ1) is 24.5. The molecule has 0 heterocycles. The SMILES string of the molecule is CC(NC(=O)C(Cc1ccccc1)NC(=O)CN)C(=O)NC(Cc1ccccc1)C(=O)O. The van der Waals surface area contributed by atoms with Crippen molar-refractivity contribution in [1.29, 1.82) is 0 Å². The van der Waals surface area contributed by atoms with Crippen LogP contribution in [0.15, 0.2) is 60.7 Å². The first-order valence-corrected chi connectivity index (χ1v) is 10.2. The number of benzene rings is 2. The van der Waals surface area contributed by atoms with Gasteiger partial charge in [-0.25, -0.2) is 4.79 Å². The van der Waals surface area contributed by atoms with E-state index in [1.54, 1.807) is 24.3 Å². The summed E-state index contributed by atoms with van der Waals surface area (Å²) in [7, 11) is 0. The number of carbonyl (C=O) groups excluding carboxylic acids is 3. The Hall–Kier alpha value is -3.72. The van der Waals surface area contributed by atoms with E-state index in [2.05, 4.69) is 16.0 Å². The summed E-state index contributed by atoms with van der Waals surface area (Å²) in [6.07, 6.45) is 0.310. The maximum atomic E-state index is 12.8. The molecule has 9 nitrogen and oxygen atoms in total. The fourth-order valence-corrected chi connectivity index (χ4v) is 3.04. The zero-order chi connectivity index (χ0) is 23.5. The Labute approximate surface area is 186 Å². The van der Waals surface area contributed by atoms with E-state index < -0.39 is 41.8 Å². The molecule has 3 amide bonds. The number of hydrogen-bond donors (Lipinski definition) is 5. The molecule has 0 aliphatic carbocycles. The molecule has 0 spiro atoms. The molecule has 0 fully saturated rings. The van der Waals surface area contributed by atoms with Gasteiger partial charge in [-0.2, -0.15) is 0 Å². The van der Waals surface area contributed by atoms with Gasteiger partial charge >= 0.3 is 5.97 Å². The van der Waals surface area contributed by atoms with E-state index in [1.165, 1.54) is 6.92 Å². The predicted octanol–water partition coefficient (Wildman–Crippen LogP) is -0.0106. The van der Waals surface area contributed by atoms with Crippen LogP contribution in [0, 0.1) is 0 Å². The summed E-state index contributed by atoms with van der Waals surface area (Å²) < 4.78 is 0. The summed E-state index contributed by atoms with van der Waals surface area (Å²) in [5.74, 6) is -2.91. The molecule has 0 aliphatic rings. The monoisotopic (exact) mass is 440 g/mol. The molecule has 0 bridgehead atoms. The number of carboxylic acid groups (broad SMARTS) is 1. The van der Waals surface area contributed by atoms with Crippen molar-refractivity contribution in [2.24, 2.45) is 5.73 Å². The molecule has 0 saturated heterocycles. The summed E-state index contributed by atoms with van der Waals surface area (Å²) in [4.78, 5) is 48.7. The summed E-state index contributed by atoms with van der Waals surface area (Å²) >= 11 is 0. The van der Waals surface area contributed by atoms with Gasteiger partial charge in [-0.15, -0.1) is 0 Å². The number of carbonyl (C=O) groups is 4. The van der Waals surface area contributed by atoms with Crippen molar-refractivity contribution in [2.45, 2.75) is 37.9 Å². The van der Waals surface area contributed by atoms with Crippen LogP contribution >= 0.6 is 0 Å². The van der Waals surface area contributed by atoms with Crippen LogP contribution in [0.3, 0.4) is 0 Å². The standard InChI is InChI=1S/C23H28N4O5/c1-15(21(29)27-19(23(31)32)13-17-10-6-3-7-11-17)25-22(30)18(26-20(28)14-24)12-16-8-4-2-5-9-16/h2-11,15,18-19H,12-14,24H2,1H3,(H,25,30)(H,26,28)(H,27,29)(H,31,32). The van der Waals surface area contributed by atoms with Crippen LogP contribution in [-0.4, -0.2) is 53.5 Å². The molecule has 2 aromatic rings. The lowest BCUT2D eigenvalue weighted by atomic mass is 10.0. The smallest absolute Gasteiger partial charge is 0.326 e. The van der Waals surface area contributed by atoms with Crippen LogP contribution in [0.25, 0.3) is 0 Å². The van der Waals surface area contributed by atoms with Crippen molar-refractivity contribution in [3.05, 3.63) is 71.8 Å². The average Bonchev–Trinajstić information content (AvgIpc) is 2.79. The van der Waals surface area contributed by atoms with Crippen LogP contribution in [-0.2, 0) is 32.0 Å². The highest BCUT2D eigenvalue weighted by molar-refractivity contribution is 5.93. The number of nitrogens with two attached hydrogens (primary N) is 1. The quantitative estimate of drug-likeness (QED) is 0.332. The maximum absolute atomic E-state index is 12.8. The first-order chi connectivity index (χ1) is 15.3. The second-order valence-corrected chi connectivity index (χ2v) is 7.33. The summed E-state index contributed by atoms with van der Waals surface area (Å²) in [6, 6.07) is 14.9. The van der Waals surface area contributed by atoms with Gasteiger partial charge in [-0.1, -0.05) is 60.7 Å². The minimum absolute atomic E-state index is 0.103. The molecule has 6 N–H and O–H groups in total. The topological polar surface area (TPSA) is 151 Å². The zero-order valence-electron chi connectivity index (χ0n) is 17.8. The molecule has 170 valence electrons. The van der Waals surface area contributed by atoms with Crippen molar-refractivity contribution in [2.75, 3.05) is 6.54 Å². The number of rotatable bonds is 11. The summed E-state index contributed by atoms with van der Waals surface area (Å²) in [5.41, 5.74) is 6.92. The third-order valence-electron chi connectivity index (χ3n) is 4.77. The Morgan fingerprint density at radius 1 is 0.781 bits per heavy atom. The summed E-state index contributed by atoms with van der Waals surface area (Å²) in [6.45, 7) is 1.16. The molecule has 0 aromatic heterocycles. The van der Waals surface area contributed by atoms with Crippen LogP contribution in [0.1, 0.15) is 18.1 Å². The molecule has 3 atom stereocenters. The van der Waals surface area contributed by atoms with Gasteiger partial charge in [0.15, 0.2) is 0 Å². The van der Waals surface area contributed by atoms with Gasteiger partial charge in [0, 0.05) is 12.8 Å². The van der Waals surface area contributed by atoms with Crippen molar-refractivity contribution in [3.8, 4) is 0 Å². The highest BCUT2D eigenvalue weighted by Gasteiger charge is 2.27. The van der Waals surface area contributed by atoms with Gasteiger partial charge in [-0.3, -0.25) is 14.4 Å². The largest absolute Gasteiger partial charge is 0.480 e. The lowest BCUT2D eigenvalue weighted by Crippen LogP contribution is -2.56.